The Hall–Kier alpha value is -8.20. The van der Waals surface area contributed by atoms with Crippen LogP contribution in [0.2, 0.25) is 0 Å². The lowest BCUT2D eigenvalue weighted by Crippen LogP contribution is -2.37. The third-order valence-electron chi connectivity index (χ3n) is 13.6. The van der Waals surface area contributed by atoms with Crippen molar-refractivity contribution in [1.29, 1.82) is 0 Å². The van der Waals surface area contributed by atoms with Crippen LogP contribution in [0.4, 0.5) is 34.1 Å². The molecule has 0 saturated heterocycles. The van der Waals surface area contributed by atoms with Crippen molar-refractivity contribution >= 4 is 34.1 Å². The molecule has 2 heteroatoms. The monoisotopic (exact) mass is 816 g/mol. The molecule has 10 aromatic carbocycles. The predicted octanol–water partition coefficient (Wildman–Crippen LogP) is 15.7. The van der Waals surface area contributed by atoms with Crippen LogP contribution in [-0.4, -0.2) is 0 Å². The highest BCUT2D eigenvalue weighted by Crippen LogP contribution is 2.60. The third-order valence-corrected chi connectivity index (χ3v) is 13.6. The molecule has 0 radical (unpaired) electrons. The molecule has 1 heterocycles. The average molecular weight is 817 g/mol. The van der Waals surface area contributed by atoms with Gasteiger partial charge >= 0.3 is 0 Å². The van der Waals surface area contributed by atoms with Gasteiger partial charge in [0.25, 0.3) is 0 Å². The Morgan fingerprint density at radius 2 is 0.672 bits per heavy atom. The summed E-state index contributed by atoms with van der Waals surface area (Å²) in [6.45, 7) is 0. The fourth-order valence-electron chi connectivity index (χ4n) is 11.0. The zero-order valence-corrected chi connectivity index (χ0v) is 35.3. The van der Waals surface area contributed by atoms with Crippen molar-refractivity contribution < 1.29 is 0 Å². The normalized spacial score (nSPS) is 13.8. The van der Waals surface area contributed by atoms with Crippen LogP contribution in [0.25, 0.3) is 11.1 Å². The second kappa shape index (κ2) is 15.3. The van der Waals surface area contributed by atoms with E-state index in [-0.39, 0.29) is 0 Å². The van der Waals surface area contributed by atoms with Gasteiger partial charge in [-0.25, -0.2) is 0 Å². The molecule has 0 bridgehead atoms. The summed E-state index contributed by atoms with van der Waals surface area (Å²) < 4.78 is 0. The van der Waals surface area contributed by atoms with Gasteiger partial charge in [-0.3, -0.25) is 0 Å². The lowest BCUT2D eigenvalue weighted by Gasteiger charge is -2.47. The van der Waals surface area contributed by atoms with Crippen LogP contribution in [0.15, 0.2) is 267 Å². The molecule has 302 valence electrons. The first-order valence-electron chi connectivity index (χ1n) is 22.2. The Labute approximate surface area is 375 Å². The lowest BCUT2D eigenvalue weighted by molar-refractivity contribution is 0.731. The van der Waals surface area contributed by atoms with Gasteiger partial charge in [0.15, 0.2) is 0 Å². The number of para-hydroxylation sites is 3. The number of fused-ring (bicyclic) bond motifs is 5. The summed E-state index contributed by atoms with van der Waals surface area (Å²) in [6.07, 6.45) is 0. The maximum atomic E-state index is 2.47. The minimum atomic E-state index is -0.597. The number of rotatable bonds is 8. The minimum Gasteiger partial charge on any atom is -0.310 e. The van der Waals surface area contributed by atoms with Gasteiger partial charge < -0.3 is 9.80 Å². The Bertz CT molecular complexity index is 3180. The molecule has 1 aliphatic heterocycles. The molecule has 0 fully saturated rings. The van der Waals surface area contributed by atoms with Gasteiger partial charge in [0.1, 0.15) is 0 Å². The molecular formula is C62H44N2. The Morgan fingerprint density at radius 3 is 1.25 bits per heavy atom. The number of hydrogen-bond acceptors (Lipinski definition) is 2. The van der Waals surface area contributed by atoms with Crippen LogP contribution in [0.5, 0.6) is 0 Å². The van der Waals surface area contributed by atoms with Crippen molar-refractivity contribution in [1.82, 2.24) is 0 Å². The summed E-state index contributed by atoms with van der Waals surface area (Å²) in [4.78, 5) is 4.91. The van der Waals surface area contributed by atoms with Crippen molar-refractivity contribution in [3.63, 3.8) is 0 Å². The van der Waals surface area contributed by atoms with Crippen LogP contribution < -0.4 is 9.80 Å². The number of anilines is 6. The molecule has 0 unspecified atom stereocenters. The molecule has 0 spiro atoms. The first-order chi connectivity index (χ1) is 31.8. The summed E-state index contributed by atoms with van der Waals surface area (Å²) in [6, 6.07) is 98.2. The summed E-state index contributed by atoms with van der Waals surface area (Å²) in [5, 5.41) is 0. The van der Waals surface area contributed by atoms with E-state index in [0.29, 0.717) is 0 Å². The second-order valence-corrected chi connectivity index (χ2v) is 16.8. The molecule has 0 N–H and O–H groups in total. The Kier molecular flexibility index (Phi) is 8.98. The molecule has 0 amide bonds. The number of nitrogens with zero attached hydrogens (tertiary/aromatic N) is 2. The molecule has 0 aromatic heterocycles. The summed E-state index contributed by atoms with van der Waals surface area (Å²) in [5.74, 6) is 0. The van der Waals surface area contributed by atoms with E-state index in [9.17, 15) is 0 Å². The van der Waals surface area contributed by atoms with Gasteiger partial charge in [0.2, 0.25) is 0 Å². The lowest BCUT2D eigenvalue weighted by atomic mass is 9.62. The highest BCUT2D eigenvalue weighted by molar-refractivity contribution is 5.94. The molecule has 0 saturated carbocycles. The topological polar surface area (TPSA) is 6.48 Å². The summed E-state index contributed by atoms with van der Waals surface area (Å²) >= 11 is 0. The van der Waals surface area contributed by atoms with E-state index in [0.717, 1.165) is 34.1 Å². The minimum absolute atomic E-state index is 0.526. The Morgan fingerprint density at radius 1 is 0.266 bits per heavy atom. The van der Waals surface area contributed by atoms with Gasteiger partial charge in [0, 0.05) is 22.7 Å². The third kappa shape index (κ3) is 5.59. The second-order valence-electron chi connectivity index (χ2n) is 16.8. The van der Waals surface area contributed by atoms with E-state index in [1.54, 1.807) is 0 Å². The van der Waals surface area contributed by atoms with Crippen molar-refractivity contribution in [2.75, 3.05) is 9.80 Å². The molecule has 12 rings (SSSR count). The van der Waals surface area contributed by atoms with Crippen LogP contribution in [0.3, 0.4) is 0 Å². The fraction of sp³-hybridized carbons (Fsp3) is 0.0323. The van der Waals surface area contributed by atoms with E-state index in [4.69, 9.17) is 0 Å². The molecule has 0 atom stereocenters. The average Bonchev–Trinajstić information content (AvgIpc) is 3.67. The standard InChI is InChI=1S/C62H44N2/c1-7-23-45(24-8-1)61(46-25-9-2-10-26-46)55-36-20-19-35-53(55)54-41-39-51(43-58(54)61)63(49-31-15-5-16-32-49)52-40-42-57-60(44-52)64(50-33-17-6-18-34-50)59-38-22-21-37-56(59)62(57,47-27-11-3-12-28-47)48-29-13-4-14-30-48/h1-44H. The van der Waals surface area contributed by atoms with Crippen molar-refractivity contribution in [2.45, 2.75) is 10.8 Å². The van der Waals surface area contributed by atoms with E-state index >= 15 is 0 Å². The largest absolute Gasteiger partial charge is 0.310 e. The van der Waals surface area contributed by atoms with E-state index in [1.807, 2.05) is 0 Å². The molecule has 2 aliphatic rings. The molecule has 1 aliphatic carbocycles. The van der Waals surface area contributed by atoms with E-state index in [2.05, 4.69) is 277 Å². The first kappa shape index (κ1) is 37.6. The van der Waals surface area contributed by atoms with E-state index < -0.39 is 10.8 Å². The first-order valence-corrected chi connectivity index (χ1v) is 22.2. The predicted molar refractivity (Wildman–Crippen MR) is 265 cm³/mol. The van der Waals surface area contributed by atoms with Gasteiger partial charge in [0.05, 0.1) is 22.2 Å². The van der Waals surface area contributed by atoms with Gasteiger partial charge in [-0.1, -0.05) is 212 Å². The molecule has 64 heavy (non-hydrogen) atoms. The van der Waals surface area contributed by atoms with Crippen molar-refractivity contribution in [3.05, 3.63) is 311 Å². The maximum Gasteiger partial charge on any atom is 0.0742 e. The number of hydrogen-bond donors (Lipinski definition) is 0. The smallest absolute Gasteiger partial charge is 0.0742 e. The molecule has 2 nitrogen and oxygen atoms in total. The zero-order valence-electron chi connectivity index (χ0n) is 35.3. The van der Waals surface area contributed by atoms with Crippen molar-refractivity contribution in [2.24, 2.45) is 0 Å². The van der Waals surface area contributed by atoms with Gasteiger partial charge in [-0.15, -0.1) is 0 Å². The maximum absolute atomic E-state index is 2.47. The zero-order chi connectivity index (χ0) is 42.5. The fourth-order valence-corrected chi connectivity index (χ4v) is 11.0. The molecular weight excluding hydrogens is 773 g/mol. The van der Waals surface area contributed by atoms with Crippen LogP contribution in [0.1, 0.15) is 44.5 Å². The highest BCUT2D eigenvalue weighted by atomic mass is 15.2. The number of benzene rings is 10. The van der Waals surface area contributed by atoms with E-state index in [1.165, 1.54) is 55.6 Å². The van der Waals surface area contributed by atoms with Gasteiger partial charge in [-0.2, -0.15) is 0 Å². The van der Waals surface area contributed by atoms with Crippen LogP contribution >= 0.6 is 0 Å². The van der Waals surface area contributed by atoms with Crippen molar-refractivity contribution in [3.8, 4) is 11.1 Å². The SMILES string of the molecule is c1ccc(N(c2ccc3c(c2)N(c2ccccc2)c2ccccc2C3(c2ccccc2)c2ccccc2)c2ccc3c(c2)C(c2ccccc2)(c2ccccc2)c2ccccc2-3)cc1. The summed E-state index contributed by atoms with van der Waals surface area (Å²) in [5.41, 5.74) is 18.0. The Balaban J connectivity index is 1.14. The van der Waals surface area contributed by atoms with Gasteiger partial charge in [-0.05, 0) is 110 Å². The quantitative estimate of drug-likeness (QED) is 0.151. The molecule has 10 aromatic rings. The van der Waals surface area contributed by atoms with Crippen LogP contribution in [0, 0.1) is 0 Å². The van der Waals surface area contributed by atoms with Crippen LogP contribution in [-0.2, 0) is 10.8 Å². The highest BCUT2D eigenvalue weighted by Gasteiger charge is 2.48. The summed E-state index contributed by atoms with van der Waals surface area (Å²) in [7, 11) is 0.